The quantitative estimate of drug-likeness (QED) is 0.259. The van der Waals surface area contributed by atoms with Crippen molar-refractivity contribution in [3.8, 4) is 5.75 Å². The zero-order chi connectivity index (χ0) is 21.2. The van der Waals surface area contributed by atoms with E-state index in [1.165, 1.54) is 76.2 Å². The van der Waals surface area contributed by atoms with E-state index in [1.807, 2.05) is 6.07 Å². The molecule has 1 saturated carbocycles. The molecule has 0 bridgehead atoms. The van der Waals surface area contributed by atoms with Crippen molar-refractivity contribution in [1.82, 2.24) is 0 Å². The maximum Gasteiger partial charge on any atom is 0.165 e. The highest BCUT2D eigenvalue weighted by atomic mass is 19.1. The van der Waals surface area contributed by atoms with Crippen LogP contribution in [0.25, 0.3) is 0 Å². The Labute approximate surface area is 184 Å². The van der Waals surface area contributed by atoms with Gasteiger partial charge in [0.05, 0.1) is 6.61 Å². The maximum absolute atomic E-state index is 14.9. The van der Waals surface area contributed by atoms with Crippen LogP contribution in [-0.4, -0.2) is 6.61 Å². The van der Waals surface area contributed by atoms with Crippen LogP contribution in [0.4, 0.5) is 4.39 Å². The lowest BCUT2D eigenvalue weighted by molar-refractivity contribution is 0.215. The number of benzene rings is 1. The van der Waals surface area contributed by atoms with Crippen LogP contribution in [0.3, 0.4) is 0 Å². The summed E-state index contributed by atoms with van der Waals surface area (Å²) in [6.07, 6.45) is 20.8. The summed E-state index contributed by atoms with van der Waals surface area (Å²) in [6, 6.07) is 5.87. The molecule has 30 heavy (non-hydrogen) atoms. The molecule has 0 amide bonds. The molecule has 2 aliphatic rings. The van der Waals surface area contributed by atoms with Gasteiger partial charge in [0.1, 0.15) is 0 Å². The van der Waals surface area contributed by atoms with Crippen LogP contribution >= 0.6 is 0 Å². The van der Waals surface area contributed by atoms with Crippen LogP contribution in [-0.2, 0) is 0 Å². The molecule has 2 atom stereocenters. The SMILES string of the molecule is CCCCCCOc1ccc(C(CC2CC=CCC2)C2CCC(CC)CC2)cc1F. The number of halogens is 1. The lowest BCUT2D eigenvalue weighted by atomic mass is 9.69. The van der Waals surface area contributed by atoms with Gasteiger partial charge in [0.25, 0.3) is 0 Å². The fraction of sp³-hybridized carbons (Fsp3) is 0.714. The van der Waals surface area contributed by atoms with Crippen molar-refractivity contribution < 1.29 is 9.13 Å². The molecule has 3 rings (SSSR count). The topological polar surface area (TPSA) is 9.23 Å². The Hall–Kier alpha value is -1.31. The van der Waals surface area contributed by atoms with E-state index in [2.05, 4.69) is 32.1 Å². The second-order valence-electron chi connectivity index (χ2n) is 9.78. The molecular weight excluding hydrogens is 371 g/mol. The van der Waals surface area contributed by atoms with Crippen LogP contribution in [0.1, 0.15) is 109 Å². The number of hydrogen-bond acceptors (Lipinski definition) is 1. The summed E-state index contributed by atoms with van der Waals surface area (Å²) in [4.78, 5) is 0. The Morgan fingerprint density at radius 2 is 1.80 bits per heavy atom. The Morgan fingerprint density at radius 1 is 0.967 bits per heavy atom. The average Bonchev–Trinajstić information content (AvgIpc) is 2.79. The zero-order valence-electron chi connectivity index (χ0n) is 19.4. The van der Waals surface area contributed by atoms with Crippen molar-refractivity contribution >= 4 is 0 Å². The van der Waals surface area contributed by atoms with Crippen molar-refractivity contribution in [2.24, 2.45) is 17.8 Å². The largest absolute Gasteiger partial charge is 0.491 e. The highest BCUT2D eigenvalue weighted by molar-refractivity contribution is 5.32. The smallest absolute Gasteiger partial charge is 0.165 e. The standard InChI is InChI=1S/C28H43FO/c1-3-5-6-10-19-30-28-18-17-25(21-27(28)29)26(20-23-11-8-7-9-12-23)24-15-13-22(4-2)14-16-24/h7-8,17-18,21-24,26H,3-6,9-16,19-20H2,1-2H3. The number of hydrogen-bond donors (Lipinski definition) is 0. The van der Waals surface area contributed by atoms with E-state index >= 15 is 0 Å². The third-order valence-corrected chi connectivity index (χ3v) is 7.64. The van der Waals surface area contributed by atoms with Gasteiger partial charge in [-0.3, -0.25) is 0 Å². The summed E-state index contributed by atoms with van der Waals surface area (Å²) in [5.74, 6) is 3.12. The van der Waals surface area contributed by atoms with Gasteiger partial charge in [-0.15, -0.1) is 0 Å². The van der Waals surface area contributed by atoms with Gasteiger partial charge >= 0.3 is 0 Å². The Bertz CT molecular complexity index is 644. The summed E-state index contributed by atoms with van der Waals surface area (Å²) >= 11 is 0. The third-order valence-electron chi connectivity index (χ3n) is 7.64. The highest BCUT2D eigenvalue weighted by Crippen LogP contribution is 2.44. The first-order valence-corrected chi connectivity index (χ1v) is 12.8. The van der Waals surface area contributed by atoms with Crippen LogP contribution in [0.2, 0.25) is 0 Å². The molecular formula is C28H43FO. The predicted octanol–water partition coefficient (Wildman–Crippen LogP) is 8.83. The molecule has 1 aromatic rings. The minimum Gasteiger partial charge on any atom is -0.491 e. The van der Waals surface area contributed by atoms with Gasteiger partial charge in [0.15, 0.2) is 11.6 Å². The van der Waals surface area contributed by atoms with Crippen molar-refractivity contribution in [2.45, 2.75) is 103 Å². The highest BCUT2D eigenvalue weighted by Gasteiger charge is 2.30. The molecule has 0 aromatic heterocycles. The van der Waals surface area contributed by atoms with E-state index in [4.69, 9.17) is 4.74 Å². The fourth-order valence-corrected chi connectivity index (χ4v) is 5.60. The number of ether oxygens (including phenoxy) is 1. The first-order valence-electron chi connectivity index (χ1n) is 12.8. The van der Waals surface area contributed by atoms with Gasteiger partial charge in [-0.25, -0.2) is 4.39 Å². The molecule has 168 valence electrons. The van der Waals surface area contributed by atoms with E-state index in [1.54, 1.807) is 6.07 Å². The lowest BCUT2D eigenvalue weighted by Gasteiger charge is -2.36. The lowest BCUT2D eigenvalue weighted by Crippen LogP contribution is -2.23. The molecule has 0 N–H and O–H groups in total. The van der Waals surface area contributed by atoms with E-state index in [0.717, 1.165) is 24.7 Å². The fourth-order valence-electron chi connectivity index (χ4n) is 5.60. The molecule has 1 nitrogen and oxygen atoms in total. The Kier molecular flexibility index (Phi) is 9.75. The monoisotopic (exact) mass is 414 g/mol. The Morgan fingerprint density at radius 3 is 2.47 bits per heavy atom. The number of unbranched alkanes of at least 4 members (excludes halogenated alkanes) is 3. The predicted molar refractivity (Wildman–Crippen MR) is 126 cm³/mol. The van der Waals surface area contributed by atoms with E-state index in [0.29, 0.717) is 24.2 Å². The second kappa shape index (κ2) is 12.5. The second-order valence-corrected chi connectivity index (χ2v) is 9.78. The summed E-state index contributed by atoms with van der Waals surface area (Å²) in [7, 11) is 0. The molecule has 0 heterocycles. The van der Waals surface area contributed by atoms with Crippen LogP contribution < -0.4 is 4.74 Å². The van der Waals surface area contributed by atoms with Crippen LogP contribution in [0.5, 0.6) is 5.75 Å². The Balaban J connectivity index is 1.67. The molecule has 0 saturated heterocycles. The minimum absolute atomic E-state index is 0.168. The van der Waals surface area contributed by atoms with Crippen molar-refractivity contribution in [3.05, 3.63) is 41.7 Å². The average molecular weight is 415 g/mol. The molecule has 0 spiro atoms. The molecule has 1 fully saturated rings. The normalized spacial score (nSPS) is 25.2. The summed E-state index contributed by atoms with van der Waals surface area (Å²) < 4.78 is 20.7. The third kappa shape index (κ3) is 6.86. The molecule has 2 aliphatic carbocycles. The van der Waals surface area contributed by atoms with E-state index in [-0.39, 0.29) is 5.82 Å². The molecule has 2 heteroatoms. The molecule has 0 aliphatic heterocycles. The molecule has 2 unspecified atom stereocenters. The van der Waals surface area contributed by atoms with Gasteiger partial charge in [-0.05, 0) is 86.3 Å². The van der Waals surface area contributed by atoms with Gasteiger partial charge in [-0.2, -0.15) is 0 Å². The van der Waals surface area contributed by atoms with Gasteiger partial charge in [0.2, 0.25) is 0 Å². The number of rotatable bonds is 11. The van der Waals surface area contributed by atoms with Crippen molar-refractivity contribution in [1.29, 1.82) is 0 Å². The molecule has 1 aromatic carbocycles. The summed E-state index contributed by atoms with van der Waals surface area (Å²) in [5, 5.41) is 0. The van der Waals surface area contributed by atoms with E-state index < -0.39 is 0 Å². The van der Waals surface area contributed by atoms with Gasteiger partial charge in [0, 0.05) is 0 Å². The van der Waals surface area contributed by atoms with Gasteiger partial charge in [-0.1, -0.05) is 70.6 Å². The number of allylic oxidation sites excluding steroid dienone is 2. The first kappa shape index (κ1) is 23.4. The van der Waals surface area contributed by atoms with Crippen molar-refractivity contribution in [3.63, 3.8) is 0 Å². The maximum atomic E-state index is 14.9. The zero-order valence-corrected chi connectivity index (χ0v) is 19.4. The summed E-state index contributed by atoms with van der Waals surface area (Å²) in [5.41, 5.74) is 1.21. The van der Waals surface area contributed by atoms with E-state index in [9.17, 15) is 4.39 Å². The first-order chi connectivity index (χ1) is 14.7. The van der Waals surface area contributed by atoms with Crippen LogP contribution in [0, 0.1) is 23.6 Å². The van der Waals surface area contributed by atoms with Gasteiger partial charge < -0.3 is 4.74 Å². The molecule has 0 radical (unpaired) electrons. The van der Waals surface area contributed by atoms with Crippen LogP contribution in [0.15, 0.2) is 30.4 Å². The van der Waals surface area contributed by atoms with Crippen molar-refractivity contribution in [2.75, 3.05) is 6.61 Å². The minimum atomic E-state index is -0.168. The summed E-state index contributed by atoms with van der Waals surface area (Å²) in [6.45, 7) is 5.15.